The minimum atomic E-state index is -3.79. The van der Waals surface area contributed by atoms with E-state index in [-0.39, 0.29) is 10.8 Å². The molecular weight excluding hydrogens is 406 g/mol. The molecule has 164 valence electrons. The maximum atomic E-state index is 12.9. The average Bonchev–Trinajstić information content (AvgIpc) is 2.94. The number of benzene rings is 1. The van der Waals surface area contributed by atoms with Crippen LogP contribution in [0.3, 0.4) is 0 Å². The van der Waals surface area contributed by atoms with Crippen LogP contribution in [-0.2, 0) is 27.6 Å². The second kappa shape index (κ2) is 10.1. The molecule has 0 saturated heterocycles. The lowest BCUT2D eigenvalue weighted by Gasteiger charge is -2.18. The molecule has 1 N–H and O–H groups in total. The molecule has 0 saturated carbocycles. The minimum Gasteiger partial charge on any atom is -0.494 e. The van der Waals surface area contributed by atoms with Gasteiger partial charge < -0.3 is 19.1 Å². The Morgan fingerprint density at radius 3 is 2.53 bits per heavy atom. The van der Waals surface area contributed by atoms with Crippen LogP contribution in [0.4, 0.5) is 5.69 Å². The predicted molar refractivity (Wildman–Crippen MR) is 115 cm³/mol. The molecule has 1 aliphatic heterocycles. The molecule has 2 aromatic rings. The summed E-state index contributed by atoms with van der Waals surface area (Å²) in [5.74, 6) is 0.896. The van der Waals surface area contributed by atoms with Gasteiger partial charge in [-0.1, -0.05) is 0 Å². The zero-order chi connectivity index (χ0) is 21.6. The van der Waals surface area contributed by atoms with Crippen molar-refractivity contribution in [3.8, 4) is 11.6 Å². The van der Waals surface area contributed by atoms with E-state index < -0.39 is 10.0 Å². The number of pyridine rings is 1. The van der Waals surface area contributed by atoms with Crippen LogP contribution in [0.25, 0.3) is 0 Å². The quantitative estimate of drug-likeness (QED) is 0.647. The molecule has 0 amide bonds. The summed E-state index contributed by atoms with van der Waals surface area (Å²) in [6, 6.07) is 8.15. The third-order valence-corrected chi connectivity index (χ3v) is 6.39. The normalized spacial score (nSPS) is 14.6. The van der Waals surface area contributed by atoms with Crippen LogP contribution in [0.5, 0.6) is 11.6 Å². The van der Waals surface area contributed by atoms with Gasteiger partial charge in [0.25, 0.3) is 10.0 Å². The highest BCUT2D eigenvalue weighted by molar-refractivity contribution is 7.92. The highest BCUT2D eigenvalue weighted by atomic mass is 32.2. The number of methoxy groups -OCH3 is 2. The third kappa shape index (κ3) is 5.41. The fourth-order valence-corrected chi connectivity index (χ4v) is 4.47. The van der Waals surface area contributed by atoms with E-state index in [1.807, 2.05) is 13.0 Å². The zero-order valence-electron chi connectivity index (χ0n) is 17.7. The molecule has 0 aliphatic carbocycles. The number of rotatable bonds is 9. The molecule has 1 aromatic carbocycles. The van der Waals surface area contributed by atoms with Crippen molar-refractivity contribution in [2.45, 2.75) is 24.7 Å². The molecule has 9 heteroatoms. The summed E-state index contributed by atoms with van der Waals surface area (Å²) >= 11 is 0. The smallest absolute Gasteiger partial charge is 0.262 e. The van der Waals surface area contributed by atoms with Crippen molar-refractivity contribution in [3.63, 3.8) is 0 Å². The molecule has 8 nitrogen and oxygen atoms in total. The van der Waals surface area contributed by atoms with Crippen molar-refractivity contribution >= 4 is 15.7 Å². The first kappa shape index (κ1) is 22.3. The van der Waals surface area contributed by atoms with Gasteiger partial charge in [-0.25, -0.2) is 13.4 Å². The second-order valence-electron chi connectivity index (χ2n) is 7.00. The van der Waals surface area contributed by atoms with Gasteiger partial charge in [0.1, 0.15) is 11.4 Å². The van der Waals surface area contributed by atoms with E-state index in [4.69, 9.17) is 14.2 Å². The van der Waals surface area contributed by atoms with Crippen LogP contribution in [0.2, 0.25) is 0 Å². The Balaban J connectivity index is 1.81. The van der Waals surface area contributed by atoms with Crippen LogP contribution in [0.1, 0.15) is 18.2 Å². The molecular formula is C21H29N3O5S. The first-order valence-electron chi connectivity index (χ1n) is 10.0. The van der Waals surface area contributed by atoms with Gasteiger partial charge in [0, 0.05) is 38.9 Å². The first-order valence-corrected chi connectivity index (χ1v) is 11.5. The van der Waals surface area contributed by atoms with Crippen molar-refractivity contribution in [2.75, 3.05) is 51.8 Å². The van der Waals surface area contributed by atoms with E-state index in [9.17, 15) is 8.42 Å². The lowest BCUT2D eigenvalue weighted by Crippen LogP contribution is -2.29. The summed E-state index contributed by atoms with van der Waals surface area (Å²) in [7, 11) is -0.601. The van der Waals surface area contributed by atoms with Crippen molar-refractivity contribution in [3.05, 3.63) is 41.6 Å². The van der Waals surface area contributed by atoms with Gasteiger partial charge in [-0.15, -0.1) is 0 Å². The van der Waals surface area contributed by atoms with E-state index in [1.54, 1.807) is 19.2 Å². The molecule has 1 aliphatic rings. The maximum Gasteiger partial charge on any atom is 0.262 e. The van der Waals surface area contributed by atoms with Gasteiger partial charge in [-0.05, 0) is 49.2 Å². The summed E-state index contributed by atoms with van der Waals surface area (Å²) in [5, 5.41) is 0. The number of nitrogens with one attached hydrogen (secondary N) is 1. The lowest BCUT2D eigenvalue weighted by atomic mass is 10.1. The zero-order valence-corrected chi connectivity index (χ0v) is 18.5. The lowest BCUT2D eigenvalue weighted by molar-refractivity contribution is 0.150. The Morgan fingerprint density at radius 2 is 1.87 bits per heavy atom. The van der Waals surface area contributed by atoms with Crippen molar-refractivity contribution in [2.24, 2.45) is 0 Å². The summed E-state index contributed by atoms with van der Waals surface area (Å²) in [6.45, 7) is 5.68. The molecule has 30 heavy (non-hydrogen) atoms. The molecule has 0 fully saturated rings. The molecule has 0 spiro atoms. The van der Waals surface area contributed by atoms with Crippen molar-refractivity contribution in [1.29, 1.82) is 0 Å². The molecule has 0 atom stereocenters. The summed E-state index contributed by atoms with van der Waals surface area (Å²) < 4.78 is 44.3. The topological polar surface area (TPSA) is 90.0 Å². The molecule has 1 aromatic heterocycles. The second-order valence-corrected chi connectivity index (χ2v) is 8.68. The van der Waals surface area contributed by atoms with Gasteiger partial charge in [-0.3, -0.25) is 4.72 Å². The van der Waals surface area contributed by atoms with Gasteiger partial charge in [0.15, 0.2) is 0 Å². The standard InChI is InChI=1S/C21H29N3O5S/c1-4-29-17-5-7-18(8-6-17)30(25,26)23-20-15-16-9-11-24(13-14-27-2)12-10-19(16)22-21(20)28-3/h5-8,15,23H,4,9-14H2,1-3H3. The highest BCUT2D eigenvalue weighted by Gasteiger charge is 2.22. The summed E-state index contributed by atoms with van der Waals surface area (Å²) in [6.07, 6.45) is 1.56. The van der Waals surface area contributed by atoms with E-state index in [2.05, 4.69) is 14.6 Å². The fraction of sp³-hybridized carbons (Fsp3) is 0.476. The number of fused-ring (bicyclic) bond motifs is 1. The number of ether oxygens (including phenoxy) is 3. The number of hydrogen-bond donors (Lipinski definition) is 1. The van der Waals surface area contributed by atoms with Crippen molar-refractivity contribution in [1.82, 2.24) is 9.88 Å². The Labute approximate surface area is 178 Å². The molecule has 0 radical (unpaired) electrons. The van der Waals surface area contributed by atoms with E-state index in [0.717, 1.165) is 43.7 Å². The number of hydrogen-bond acceptors (Lipinski definition) is 7. The summed E-state index contributed by atoms with van der Waals surface area (Å²) in [4.78, 5) is 7.06. The Morgan fingerprint density at radius 1 is 1.13 bits per heavy atom. The monoisotopic (exact) mass is 435 g/mol. The van der Waals surface area contributed by atoms with Crippen LogP contribution in [0, 0.1) is 0 Å². The first-order chi connectivity index (χ1) is 14.5. The van der Waals surface area contributed by atoms with Gasteiger partial charge in [0.2, 0.25) is 5.88 Å². The highest BCUT2D eigenvalue weighted by Crippen LogP contribution is 2.29. The van der Waals surface area contributed by atoms with Crippen LogP contribution in [-0.4, -0.2) is 65.4 Å². The number of anilines is 1. The molecule has 3 rings (SSSR count). The fourth-order valence-electron chi connectivity index (χ4n) is 3.42. The van der Waals surface area contributed by atoms with E-state index in [0.29, 0.717) is 24.7 Å². The predicted octanol–water partition coefficient (Wildman–Crippen LogP) is 2.34. The van der Waals surface area contributed by atoms with Crippen LogP contribution >= 0.6 is 0 Å². The van der Waals surface area contributed by atoms with Gasteiger partial charge >= 0.3 is 0 Å². The number of nitrogens with zero attached hydrogens (tertiary/aromatic N) is 2. The van der Waals surface area contributed by atoms with Crippen molar-refractivity contribution < 1.29 is 22.6 Å². The number of aromatic nitrogens is 1. The van der Waals surface area contributed by atoms with E-state index in [1.165, 1.54) is 19.2 Å². The largest absolute Gasteiger partial charge is 0.494 e. The number of sulfonamides is 1. The molecule has 0 unspecified atom stereocenters. The van der Waals surface area contributed by atoms with E-state index >= 15 is 0 Å². The Hall–Kier alpha value is -2.36. The molecule has 2 heterocycles. The van der Waals surface area contributed by atoms with Crippen LogP contribution < -0.4 is 14.2 Å². The maximum absolute atomic E-state index is 12.9. The Kier molecular flexibility index (Phi) is 7.52. The third-order valence-electron chi connectivity index (χ3n) is 5.01. The Bertz CT molecular complexity index is 948. The minimum absolute atomic E-state index is 0.147. The SMILES string of the molecule is CCOc1ccc(S(=O)(=O)Nc2cc3c(nc2OC)CCN(CCOC)CC3)cc1. The summed E-state index contributed by atoms with van der Waals surface area (Å²) in [5.41, 5.74) is 2.31. The molecule has 0 bridgehead atoms. The van der Waals surface area contributed by atoms with Gasteiger partial charge in [0.05, 0.1) is 25.2 Å². The van der Waals surface area contributed by atoms with Gasteiger partial charge in [-0.2, -0.15) is 0 Å². The van der Waals surface area contributed by atoms with Crippen LogP contribution in [0.15, 0.2) is 35.2 Å². The average molecular weight is 436 g/mol.